The SMILES string of the molecule is COc1cccc2c1OC[C@@H](Cc1cccc(C)n1)C2. The van der Waals surface area contributed by atoms with Crippen LogP contribution < -0.4 is 9.47 Å². The third kappa shape index (κ3) is 2.62. The van der Waals surface area contributed by atoms with Crippen LogP contribution in [-0.2, 0) is 12.8 Å². The Bertz CT molecular complexity index is 610. The Morgan fingerprint density at radius 3 is 2.90 bits per heavy atom. The van der Waals surface area contributed by atoms with E-state index in [0.717, 1.165) is 42.3 Å². The Balaban J connectivity index is 1.76. The Labute approximate surface area is 119 Å². The average Bonchev–Trinajstić information content (AvgIpc) is 2.46. The monoisotopic (exact) mass is 269 g/mol. The lowest BCUT2D eigenvalue weighted by Gasteiger charge is -2.26. The average molecular weight is 269 g/mol. The third-order valence-electron chi connectivity index (χ3n) is 3.70. The molecule has 0 spiro atoms. The summed E-state index contributed by atoms with van der Waals surface area (Å²) in [6.07, 6.45) is 1.97. The smallest absolute Gasteiger partial charge is 0.164 e. The molecule has 1 aromatic carbocycles. The number of hydrogen-bond donors (Lipinski definition) is 0. The molecule has 3 rings (SSSR count). The predicted molar refractivity (Wildman–Crippen MR) is 78.4 cm³/mol. The predicted octanol–water partition coefficient (Wildman–Crippen LogP) is 3.19. The van der Waals surface area contributed by atoms with Gasteiger partial charge in [-0.1, -0.05) is 18.2 Å². The van der Waals surface area contributed by atoms with Gasteiger partial charge in [-0.2, -0.15) is 0 Å². The van der Waals surface area contributed by atoms with Crippen LogP contribution in [0.3, 0.4) is 0 Å². The molecule has 0 fully saturated rings. The molecule has 104 valence electrons. The molecule has 3 nitrogen and oxygen atoms in total. The highest BCUT2D eigenvalue weighted by atomic mass is 16.5. The van der Waals surface area contributed by atoms with E-state index >= 15 is 0 Å². The van der Waals surface area contributed by atoms with Crippen molar-refractivity contribution in [3.8, 4) is 11.5 Å². The van der Waals surface area contributed by atoms with Gasteiger partial charge in [-0.15, -0.1) is 0 Å². The lowest BCUT2D eigenvalue weighted by molar-refractivity contribution is 0.210. The summed E-state index contributed by atoms with van der Waals surface area (Å²) < 4.78 is 11.3. The fourth-order valence-electron chi connectivity index (χ4n) is 2.76. The second-order valence-electron chi connectivity index (χ2n) is 5.30. The molecule has 2 aromatic rings. The summed E-state index contributed by atoms with van der Waals surface area (Å²) in [5, 5.41) is 0. The zero-order chi connectivity index (χ0) is 13.9. The summed E-state index contributed by atoms with van der Waals surface area (Å²) in [6.45, 7) is 2.75. The van der Waals surface area contributed by atoms with Crippen LogP contribution in [0.15, 0.2) is 36.4 Å². The molecule has 1 atom stereocenters. The normalized spacial score (nSPS) is 17.2. The molecule has 1 aliphatic rings. The molecular weight excluding hydrogens is 250 g/mol. The number of para-hydroxylation sites is 1. The molecule has 0 radical (unpaired) electrons. The van der Waals surface area contributed by atoms with Gasteiger partial charge in [0.1, 0.15) is 0 Å². The van der Waals surface area contributed by atoms with E-state index in [2.05, 4.69) is 23.2 Å². The topological polar surface area (TPSA) is 31.4 Å². The minimum atomic E-state index is 0.476. The van der Waals surface area contributed by atoms with Crippen molar-refractivity contribution in [3.63, 3.8) is 0 Å². The van der Waals surface area contributed by atoms with Gasteiger partial charge in [0.25, 0.3) is 0 Å². The minimum Gasteiger partial charge on any atom is -0.493 e. The van der Waals surface area contributed by atoms with Gasteiger partial charge in [-0.25, -0.2) is 0 Å². The Morgan fingerprint density at radius 1 is 1.25 bits per heavy atom. The van der Waals surface area contributed by atoms with Crippen LogP contribution >= 0.6 is 0 Å². The van der Waals surface area contributed by atoms with Crippen LogP contribution in [0.2, 0.25) is 0 Å². The van der Waals surface area contributed by atoms with Crippen LogP contribution in [-0.4, -0.2) is 18.7 Å². The quantitative estimate of drug-likeness (QED) is 0.857. The first-order valence-electron chi connectivity index (χ1n) is 6.97. The maximum Gasteiger partial charge on any atom is 0.164 e. The van der Waals surface area contributed by atoms with Crippen LogP contribution in [0.5, 0.6) is 11.5 Å². The number of rotatable bonds is 3. The molecule has 0 N–H and O–H groups in total. The standard InChI is InChI=1S/C17H19NO2/c1-12-5-3-7-15(18-12)10-13-9-14-6-4-8-16(19-2)17(14)20-11-13/h3-8,13H,9-11H2,1-2H3/t13-/m1/s1. The first kappa shape index (κ1) is 13.0. The van der Waals surface area contributed by atoms with Gasteiger partial charge in [-0.3, -0.25) is 4.98 Å². The van der Waals surface area contributed by atoms with Crippen molar-refractivity contribution in [1.82, 2.24) is 4.98 Å². The molecule has 0 amide bonds. The van der Waals surface area contributed by atoms with E-state index in [1.807, 2.05) is 25.1 Å². The zero-order valence-electron chi connectivity index (χ0n) is 11.9. The summed E-state index contributed by atoms with van der Waals surface area (Å²) in [5.74, 6) is 2.21. The summed E-state index contributed by atoms with van der Waals surface area (Å²) in [4.78, 5) is 4.58. The molecule has 0 unspecified atom stereocenters. The number of nitrogens with zero attached hydrogens (tertiary/aromatic N) is 1. The Morgan fingerprint density at radius 2 is 2.10 bits per heavy atom. The van der Waals surface area contributed by atoms with Crippen molar-refractivity contribution in [2.75, 3.05) is 13.7 Å². The maximum absolute atomic E-state index is 5.91. The third-order valence-corrected chi connectivity index (χ3v) is 3.70. The van der Waals surface area contributed by atoms with Crippen LogP contribution in [0.4, 0.5) is 0 Å². The zero-order valence-corrected chi connectivity index (χ0v) is 11.9. The van der Waals surface area contributed by atoms with E-state index in [1.54, 1.807) is 7.11 Å². The molecule has 0 saturated heterocycles. The fourth-order valence-corrected chi connectivity index (χ4v) is 2.76. The highest BCUT2D eigenvalue weighted by Crippen LogP contribution is 2.36. The molecule has 1 aromatic heterocycles. The van der Waals surface area contributed by atoms with E-state index in [9.17, 15) is 0 Å². The highest BCUT2D eigenvalue weighted by Gasteiger charge is 2.23. The molecule has 20 heavy (non-hydrogen) atoms. The van der Waals surface area contributed by atoms with Crippen LogP contribution in [0, 0.1) is 12.8 Å². The molecule has 1 aliphatic heterocycles. The molecule has 3 heteroatoms. The summed E-state index contributed by atoms with van der Waals surface area (Å²) >= 11 is 0. The molecule has 0 aliphatic carbocycles. The first-order valence-corrected chi connectivity index (χ1v) is 6.97. The van der Waals surface area contributed by atoms with Crippen molar-refractivity contribution in [3.05, 3.63) is 53.3 Å². The van der Waals surface area contributed by atoms with E-state index < -0.39 is 0 Å². The van der Waals surface area contributed by atoms with Gasteiger partial charge in [0.15, 0.2) is 11.5 Å². The number of ether oxygens (including phenoxy) is 2. The second kappa shape index (κ2) is 5.53. The van der Waals surface area contributed by atoms with Crippen molar-refractivity contribution in [1.29, 1.82) is 0 Å². The minimum absolute atomic E-state index is 0.476. The van der Waals surface area contributed by atoms with Crippen molar-refractivity contribution in [2.45, 2.75) is 19.8 Å². The number of methoxy groups -OCH3 is 1. The summed E-state index contributed by atoms with van der Waals surface area (Å²) in [5.41, 5.74) is 3.44. The van der Waals surface area contributed by atoms with Crippen LogP contribution in [0.1, 0.15) is 17.0 Å². The summed E-state index contributed by atoms with van der Waals surface area (Å²) in [7, 11) is 1.68. The van der Waals surface area contributed by atoms with E-state index in [0.29, 0.717) is 5.92 Å². The van der Waals surface area contributed by atoms with Gasteiger partial charge in [0.2, 0.25) is 0 Å². The van der Waals surface area contributed by atoms with Crippen molar-refractivity contribution in [2.24, 2.45) is 5.92 Å². The van der Waals surface area contributed by atoms with Crippen molar-refractivity contribution < 1.29 is 9.47 Å². The Kier molecular flexibility index (Phi) is 3.59. The van der Waals surface area contributed by atoms with E-state index in [4.69, 9.17) is 9.47 Å². The number of fused-ring (bicyclic) bond motifs is 1. The van der Waals surface area contributed by atoms with Gasteiger partial charge in [-0.05, 0) is 43.5 Å². The number of aryl methyl sites for hydroxylation is 1. The number of hydrogen-bond acceptors (Lipinski definition) is 3. The molecule has 0 saturated carbocycles. The Hall–Kier alpha value is -2.03. The molecule has 2 heterocycles. The highest BCUT2D eigenvalue weighted by molar-refractivity contribution is 5.47. The van der Waals surface area contributed by atoms with Crippen molar-refractivity contribution >= 4 is 0 Å². The lowest BCUT2D eigenvalue weighted by atomic mass is 9.92. The largest absolute Gasteiger partial charge is 0.493 e. The first-order chi connectivity index (χ1) is 9.76. The fraction of sp³-hybridized carbons (Fsp3) is 0.353. The number of pyridine rings is 1. The summed E-state index contributed by atoms with van der Waals surface area (Å²) in [6, 6.07) is 12.3. The van der Waals surface area contributed by atoms with Gasteiger partial charge in [0, 0.05) is 17.3 Å². The van der Waals surface area contributed by atoms with Gasteiger partial charge >= 0.3 is 0 Å². The maximum atomic E-state index is 5.91. The lowest BCUT2D eigenvalue weighted by Crippen LogP contribution is -2.23. The second-order valence-corrected chi connectivity index (χ2v) is 5.30. The van der Waals surface area contributed by atoms with E-state index in [-0.39, 0.29) is 0 Å². The van der Waals surface area contributed by atoms with E-state index in [1.165, 1.54) is 5.56 Å². The van der Waals surface area contributed by atoms with Gasteiger partial charge < -0.3 is 9.47 Å². The van der Waals surface area contributed by atoms with Gasteiger partial charge in [0.05, 0.1) is 13.7 Å². The molecular formula is C17H19NO2. The molecule has 0 bridgehead atoms. The van der Waals surface area contributed by atoms with Crippen LogP contribution in [0.25, 0.3) is 0 Å². The number of aromatic nitrogens is 1. The number of benzene rings is 1.